The number of aromatic nitrogens is 4. The maximum atomic E-state index is 12.6. The van der Waals surface area contributed by atoms with Gasteiger partial charge in [0.15, 0.2) is 21.7 Å². The minimum atomic E-state index is -1.71. The Bertz CT molecular complexity index is 923. The second kappa shape index (κ2) is 6.51. The van der Waals surface area contributed by atoms with Crippen molar-refractivity contribution in [2.45, 2.75) is 36.3 Å². The highest BCUT2D eigenvalue weighted by molar-refractivity contribution is 7.71. The summed E-state index contributed by atoms with van der Waals surface area (Å²) in [5.41, 5.74) is 6.39. The van der Waals surface area contributed by atoms with Crippen LogP contribution in [0.1, 0.15) is 13.2 Å². The fraction of sp³-hybridized carbons (Fsp3) is 0.500. The number of nitrogens with one attached hydrogen (secondary N) is 1. The van der Waals surface area contributed by atoms with Gasteiger partial charge in [-0.1, -0.05) is 35.7 Å². The van der Waals surface area contributed by atoms with Crippen LogP contribution in [0.25, 0.3) is 11.2 Å². The third kappa shape index (κ3) is 2.88. The summed E-state index contributed by atoms with van der Waals surface area (Å²) in [7, 11) is 0. The van der Waals surface area contributed by atoms with Gasteiger partial charge >= 0.3 is 0 Å². The van der Waals surface area contributed by atoms with Gasteiger partial charge in [-0.2, -0.15) is 0 Å². The van der Waals surface area contributed by atoms with E-state index in [9.17, 15) is 14.6 Å². The predicted molar refractivity (Wildman–Crippen MR) is 91.1 cm³/mol. The summed E-state index contributed by atoms with van der Waals surface area (Å²) in [6.07, 6.45) is -3.16. The lowest BCUT2D eigenvalue weighted by molar-refractivity contribution is -0.0752. The Kier molecular flexibility index (Phi) is 4.70. The smallest absolute Gasteiger partial charge is 0.200 e. The number of fused-ring (bicyclic) bond motifs is 1. The van der Waals surface area contributed by atoms with Crippen molar-refractivity contribution in [3.8, 4) is 11.8 Å². The van der Waals surface area contributed by atoms with Crippen molar-refractivity contribution in [1.82, 2.24) is 19.5 Å². The number of H-pyrrole nitrogens is 1. The highest BCUT2D eigenvalue weighted by atomic mass is 35.5. The molecule has 5 N–H and O–H groups in total. The van der Waals surface area contributed by atoms with Gasteiger partial charge in [-0.3, -0.25) is 4.57 Å². The Labute approximate surface area is 151 Å². The van der Waals surface area contributed by atoms with Crippen molar-refractivity contribution in [2.24, 2.45) is 0 Å². The minimum absolute atomic E-state index is 0.0555. The van der Waals surface area contributed by atoms with E-state index in [2.05, 4.69) is 26.8 Å². The molecule has 2 aromatic rings. The van der Waals surface area contributed by atoms with Crippen LogP contribution in [0.15, 0.2) is 6.33 Å². The Balaban J connectivity index is 2.18. The molecule has 25 heavy (non-hydrogen) atoms. The Morgan fingerprint density at radius 1 is 1.68 bits per heavy atom. The van der Waals surface area contributed by atoms with Crippen molar-refractivity contribution in [1.29, 1.82) is 0 Å². The molecule has 0 aromatic carbocycles. The van der Waals surface area contributed by atoms with E-state index in [0.717, 1.165) is 0 Å². The number of nitrogens with two attached hydrogens (primary N) is 1. The first-order valence-corrected chi connectivity index (χ1v) is 8.07. The van der Waals surface area contributed by atoms with Crippen LogP contribution in [0.4, 0.5) is 10.3 Å². The highest BCUT2D eigenvalue weighted by Crippen LogP contribution is 2.45. The van der Waals surface area contributed by atoms with Crippen LogP contribution in [0, 0.1) is 16.5 Å². The summed E-state index contributed by atoms with van der Waals surface area (Å²) >= 11 is 11.6. The molecule has 2 aromatic heterocycles. The SMILES string of the molecule is C[C@H](O)[C@H]1O[C@@H](n2cnc3c(=S)nc(N)[nH]c32)C(Cl)(C#CCF)[C@H]1O. The van der Waals surface area contributed by atoms with Gasteiger partial charge < -0.3 is 25.7 Å². The summed E-state index contributed by atoms with van der Waals surface area (Å²) in [6.45, 7) is 0.495. The topological polar surface area (TPSA) is 122 Å². The molecule has 5 atom stereocenters. The lowest BCUT2D eigenvalue weighted by Crippen LogP contribution is -2.43. The molecule has 0 radical (unpaired) electrons. The molecule has 3 heterocycles. The Morgan fingerprint density at radius 3 is 3.04 bits per heavy atom. The number of nitrogen functional groups attached to an aromatic ring is 1. The first-order valence-electron chi connectivity index (χ1n) is 7.28. The monoisotopic (exact) mass is 387 g/mol. The van der Waals surface area contributed by atoms with E-state index in [-0.39, 0.29) is 10.6 Å². The summed E-state index contributed by atoms with van der Waals surface area (Å²) < 4.78 is 19.9. The lowest BCUT2D eigenvalue weighted by atomic mass is 9.96. The van der Waals surface area contributed by atoms with Gasteiger partial charge in [-0.25, -0.2) is 14.4 Å². The minimum Gasteiger partial charge on any atom is -0.391 e. The third-order valence-electron chi connectivity index (χ3n) is 3.93. The highest BCUT2D eigenvalue weighted by Gasteiger charge is 2.57. The van der Waals surface area contributed by atoms with Gasteiger partial charge in [0.2, 0.25) is 0 Å². The summed E-state index contributed by atoms with van der Waals surface area (Å²) in [4.78, 5) is 9.15. The molecule has 1 aliphatic heterocycles. The number of rotatable bonds is 2. The molecule has 1 aliphatic rings. The van der Waals surface area contributed by atoms with Crippen molar-refractivity contribution in [3.63, 3.8) is 0 Å². The quantitative estimate of drug-likeness (QED) is 0.339. The lowest BCUT2D eigenvalue weighted by Gasteiger charge is -2.25. The van der Waals surface area contributed by atoms with Crippen molar-refractivity contribution in [3.05, 3.63) is 11.0 Å². The number of aliphatic hydroxyl groups excluding tert-OH is 2. The zero-order valence-corrected chi connectivity index (χ0v) is 14.6. The maximum Gasteiger partial charge on any atom is 0.200 e. The summed E-state index contributed by atoms with van der Waals surface area (Å²) in [5, 5.41) is 20.4. The number of aliphatic hydroxyl groups is 2. The molecule has 8 nitrogen and oxygen atoms in total. The molecule has 11 heteroatoms. The zero-order valence-electron chi connectivity index (χ0n) is 13.0. The van der Waals surface area contributed by atoms with Crippen molar-refractivity contribution >= 4 is 40.9 Å². The number of imidazole rings is 1. The normalized spacial score (nSPS) is 30.2. The van der Waals surface area contributed by atoms with Crippen LogP contribution in [0.2, 0.25) is 0 Å². The molecule has 1 saturated heterocycles. The largest absolute Gasteiger partial charge is 0.391 e. The Morgan fingerprint density at radius 2 is 2.40 bits per heavy atom. The van der Waals surface area contributed by atoms with Gasteiger partial charge in [0, 0.05) is 0 Å². The van der Waals surface area contributed by atoms with Gasteiger partial charge in [-0.05, 0) is 6.92 Å². The molecule has 0 spiro atoms. The standard InChI is InChI=1S/C14H15ClFN5O3S/c1-6(22)8-9(23)14(15,3-2-4-16)12(24-8)21-5-18-7-10(21)19-13(17)20-11(7)25/h5-6,8-9,12,22-23H,4H2,1H3,(H3,17,19,20,25)/t6-,8+,9-,12+,14?/m0/s1. The van der Waals surface area contributed by atoms with Crippen LogP contribution in [0.5, 0.6) is 0 Å². The first kappa shape index (κ1) is 18.0. The number of halogens is 2. The molecule has 1 fully saturated rings. The average molecular weight is 388 g/mol. The van der Waals surface area contributed by atoms with Gasteiger partial charge in [-0.15, -0.1) is 0 Å². The van der Waals surface area contributed by atoms with E-state index >= 15 is 0 Å². The van der Waals surface area contributed by atoms with E-state index in [1.165, 1.54) is 17.8 Å². The number of nitrogens with zero attached hydrogens (tertiary/aromatic N) is 3. The molecule has 0 saturated carbocycles. The molecular formula is C14H15ClFN5O3S. The number of hydrogen-bond acceptors (Lipinski definition) is 7. The van der Waals surface area contributed by atoms with Gasteiger partial charge in [0.25, 0.3) is 0 Å². The van der Waals surface area contributed by atoms with Crippen molar-refractivity contribution in [2.75, 3.05) is 12.4 Å². The average Bonchev–Trinajstić information content (AvgIpc) is 3.06. The predicted octanol–water partition coefficient (Wildman–Crippen LogP) is 0.661. The molecule has 0 bridgehead atoms. The number of ether oxygens (including phenoxy) is 1. The van der Waals surface area contributed by atoms with Gasteiger partial charge in [0.1, 0.15) is 30.0 Å². The second-order valence-corrected chi connectivity index (χ2v) is 6.63. The van der Waals surface area contributed by atoms with E-state index in [1.54, 1.807) is 0 Å². The number of hydrogen-bond donors (Lipinski definition) is 4. The number of aromatic amines is 1. The van der Waals surface area contributed by atoms with E-state index in [0.29, 0.717) is 11.2 Å². The number of anilines is 1. The van der Waals surface area contributed by atoms with Gasteiger partial charge in [0.05, 0.1) is 12.4 Å². The molecule has 0 amide bonds. The van der Waals surface area contributed by atoms with Crippen LogP contribution in [0.3, 0.4) is 0 Å². The fourth-order valence-electron chi connectivity index (χ4n) is 2.79. The van der Waals surface area contributed by atoms with E-state index < -0.39 is 36.1 Å². The Hall–Kier alpha value is -1.77. The van der Waals surface area contributed by atoms with Crippen LogP contribution >= 0.6 is 23.8 Å². The summed E-state index contributed by atoms with van der Waals surface area (Å²) in [5.74, 6) is 4.76. The molecule has 134 valence electrons. The zero-order chi connectivity index (χ0) is 18.4. The third-order valence-corrected chi connectivity index (χ3v) is 4.72. The molecule has 0 aliphatic carbocycles. The van der Waals surface area contributed by atoms with Crippen LogP contribution < -0.4 is 5.73 Å². The molecular weight excluding hydrogens is 373 g/mol. The maximum absolute atomic E-state index is 12.6. The number of alkyl halides is 2. The van der Waals surface area contributed by atoms with E-state index in [4.69, 9.17) is 34.3 Å². The second-order valence-electron chi connectivity index (χ2n) is 5.62. The van der Waals surface area contributed by atoms with Crippen LogP contribution in [-0.4, -0.2) is 59.6 Å². The molecule has 1 unspecified atom stereocenters. The summed E-state index contributed by atoms with van der Waals surface area (Å²) in [6, 6.07) is 0. The van der Waals surface area contributed by atoms with Crippen molar-refractivity contribution < 1.29 is 19.3 Å². The first-order chi connectivity index (χ1) is 11.8. The fourth-order valence-corrected chi connectivity index (χ4v) is 3.38. The van der Waals surface area contributed by atoms with Crippen LogP contribution in [-0.2, 0) is 4.74 Å². The molecule has 3 rings (SSSR count). The van der Waals surface area contributed by atoms with E-state index in [1.807, 2.05) is 0 Å².